The van der Waals surface area contributed by atoms with Gasteiger partial charge in [-0.05, 0) is 30.7 Å². The Kier molecular flexibility index (Phi) is 2.44. The van der Waals surface area contributed by atoms with Crippen LogP contribution >= 0.6 is 0 Å². The van der Waals surface area contributed by atoms with Crippen LogP contribution < -0.4 is 4.74 Å². The molecule has 0 spiro atoms. The van der Waals surface area contributed by atoms with Crippen molar-refractivity contribution >= 4 is 11.0 Å². The molecule has 18 heavy (non-hydrogen) atoms. The summed E-state index contributed by atoms with van der Waals surface area (Å²) in [4.78, 5) is 8.24. The lowest BCUT2D eigenvalue weighted by Gasteiger charge is -2.08. The first-order chi connectivity index (χ1) is 8.79. The second-order valence-electron chi connectivity index (χ2n) is 4.01. The molecule has 1 aromatic carbocycles. The number of ether oxygens (including phenoxy) is 1. The van der Waals surface area contributed by atoms with Gasteiger partial charge in [-0.15, -0.1) is 0 Å². The highest BCUT2D eigenvalue weighted by Crippen LogP contribution is 2.22. The van der Waals surface area contributed by atoms with Crippen LogP contribution in [0.5, 0.6) is 5.75 Å². The summed E-state index contributed by atoms with van der Waals surface area (Å²) in [6.07, 6.45) is 5.04. The van der Waals surface area contributed by atoms with E-state index in [-0.39, 0.29) is 0 Å². The Balaban J connectivity index is 2.20. The molecule has 0 atom stereocenters. The van der Waals surface area contributed by atoms with Crippen molar-refractivity contribution < 1.29 is 4.74 Å². The Labute approximate surface area is 104 Å². The molecule has 0 fully saturated rings. The van der Waals surface area contributed by atoms with Gasteiger partial charge in [-0.25, -0.2) is 14.6 Å². The molecular weight excluding hydrogens is 228 g/mol. The van der Waals surface area contributed by atoms with Gasteiger partial charge >= 0.3 is 0 Å². The number of methoxy groups -OCH3 is 1. The van der Waals surface area contributed by atoms with E-state index in [1.165, 1.54) is 6.33 Å². The van der Waals surface area contributed by atoms with Crippen LogP contribution in [0.15, 0.2) is 36.9 Å². The summed E-state index contributed by atoms with van der Waals surface area (Å²) in [6.45, 7) is 2.02. The minimum Gasteiger partial charge on any atom is -0.497 e. The van der Waals surface area contributed by atoms with Gasteiger partial charge in [0.25, 0.3) is 0 Å². The zero-order valence-electron chi connectivity index (χ0n) is 10.2. The molecule has 3 aromatic rings. The van der Waals surface area contributed by atoms with E-state index in [1.807, 2.05) is 29.8 Å². The van der Waals surface area contributed by atoms with Crippen molar-refractivity contribution in [3.8, 4) is 11.4 Å². The minimum absolute atomic E-state index is 0.804. The average Bonchev–Trinajstić information content (AvgIpc) is 2.82. The SMILES string of the molecule is COc1ccc(-n2ncc3cncnc32)c(C)c1. The Morgan fingerprint density at radius 1 is 1.22 bits per heavy atom. The molecule has 2 heterocycles. The van der Waals surface area contributed by atoms with Gasteiger partial charge in [-0.1, -0.05) is 0 Å². The molecule has 0 bridgehead atoms. The van der Waals surface area contributed by atoms with Gasteiger partial charge < -0.3 is 4.74 Å². The van der Waals surface area contributed by atoms with E-state index in [9.17, 15) is 0 Å². The van der Waals surface area contributed by atoms with Crippen molar-refractivity contribution in [2.45, 2.75) is 6.92 Å². The molecule has 2 aromatic heterocycles. The van der Waals surface area contributed by atoms with Crippen LogP contribution in [0.25, 0.3) is 16.7 Å². The fourth-order valence-corrected chi connectivity index (χ4v) is 1.95. The standard InChI is InChI=1S/C13H12N4O/c1-9-5-11(18-2)3-4-12(9)17-13-10(7-16-17)6-14-8-15-13/h3-8H,1-2H3. The van der Waals surface area contributed by atoms with Gasteiger partial charge in [0.05, 0.1) is 24.4 Å². The summed E-state index contributed by atoms with van der Waals surface area (Å²) in [5.74, 6) is 0.835. The zero-order chi connectivity index (χ0) is 12.5. The third kappa shape index (κ3) is 1.60. The first-order valence-corrected chi connectivity index (χ1v) is 5.58. The van der Waals surface area contributed by atoms with Gasteiger partial charge in [0.15, 0.2) is 5.65 Å². The van der Waals surface area contributed by atoms with E-state index >= 15 is 0 Å². The number of aryl methyl sites for hydroxylation is 1. The van der Waals surface area contributed by atoms with Crippen LogP contribution in [0.2, 0.25) is 0 Å². The van der Waals surface area contributed by atoms with Gasteiger partial charge in [0, 0.05) is 6.20 Å². The lowest BCUT2D eigenvalue weighted by atomic mass is 10.2. The molecule has 3 rings (SSSR count). The van der Waals surface area contributed by atoms with Gasteiger partial charge in [-0.2, -0.15) is 5.10 Å². The van der Waals surface area contributed by atoms with Crippen LogP contribution in [-0.4, -0.2) is 26.9 Å². The fourth-order valence-electron chi connectivity index (χ4n) is 1.95. The Hall–Kier alpha value is -2.43. The number of benzene rings is 1. The summed E-state index contributed by atoms with van der Waals surface area (Å²) in [6, 6.07) is 5.86. The van der Waals surface area contributed by atoms with E-state index in [1.54, 1.807) is 19.5 Å². The van der Waals surface area contributed by atoms with Crippen molar-refractivity contribution in [2.75, 3.05) is 7.11 Å². The molecule has 5 heteroatoms. The Morgan fingerprint density at radius 2 is 2.11 bits per heavy atom. The summed E-state index contributed by atoms with van der Waals surface area (Å²) in [5, 5.41) is 5.28. The number of hydrogen-bond acceptors (Lipinski definition) is 4. The molecule has 0 unspecified atom stereocenters. The third-order valence-corrected chi connectivity index (χ3v) is 2.86. The zero-order valence-corrected chi connectivity index (χ0v) is 10.2. The Morgan fingerprint density at radius 3 is 2.89 bits per heavy atom. The van der Waals surface area contributed by atoms with Crippen LogP contribution in [0, 0.1) is 6.92 Å². The fraction of sp³-hybridized carbons (Fsp3) is 0.154. The van der Waals surface area contributed by atoms with Gasteiger partial charge in [-0.3, -0.25) is 0 Å². The van der Waals surface area contributed by atoms with Crippen LogP contribution in [0.4, 0.5) is 0 Å². The largest absolute Gasteiger partial charge is 0.497 e. The minimum atomic E-state index is 0.804. The van der Waals surface area contributed by atoms with Crippen molar-refractivity contribution in [3.05, 3.63) is 42.5 Å². The summed E-state index contributed by atoms with van der Waals surface area (Å²) in [7, 11) is 1.66. The number of hydrogen-bond donors (Lipinski definition) is 0. The van der Waals surface area contributed by atoms with E-state index < -0.39 is 0 Å². The highest BCUT2D eigenvalue weighted by molar-refractivity contribution is 5.75. The molecule has 0 radical (unpaired) electrons. The molecule has 0 aliphatic carbocycles. The molecule has 0 amide bonds. The van der Waals surface area contributed by atoms with Gasteiger partial charge in [0.2, 0.25) is 0 Å². The second kappa shape index (κ2) is 4.10. The molecule has 0 aliphatic rings. The maximum Gasteiger partial charge on any atom is 0.166 e. The molecule has 0 saturated heterocycles. The molecule has 90 valence electrons. The van der Waals surface area contributed by atoms with Crippen molar-refractivity contribution in [1.29, 1.82) is 0 Å². The molecule has 5 nitrogen and oxygen atoms in total. The summed E-state index contributed by atoms with van der Waals surface area (Å²) >= 11 is 0. The molecular formula is C13H12N4O. The highest BCUT2D eigenvalue weighted by Gasteiger charge is 2.08. The van der Waals surface area contributed by atoms with E-state index in [0.29, 0.717) is 0 Å². The first-order valence-electron chi connectivity index (χ1n) is 5.58. The average molecular weight is 240 g/mol. The molecule has 0 N–H and O–H groups in total. The van der Waals surface area contributed by atoms with Gasteiger partial charge in [0.1, 0.15) is 12.1 Å². The summed E-state index contributed by atoms with van der Waals surface area (Å²) < 4.78 is 7.01. The van der Waals surface area contributed by atoms with E-state index in [4.69, 9.17) is 4.74 Å². The monoisotopic (exact) mass is 240 g/mol. The van der Waals surface area contributed by atoms with Crippen LogP contribution in [0.3, 0.4) is 0 Å². The lowest BCUT2D eigenvalue weighted by Crippen LogP contribution is -2.00. The van der Waals surface area contributed by atoms with Crippen LogP contribution in [0.1, 0.15) is 5.56 Å². The smallest absolute Gasteiger partial charge is 0.166 e. The Bertz CT molecular complexity index is 705. The topological polar surface area (TPSA) is 52.8 Å². The second-order valence-corrected chi connectivity index (χ2v) is 4.01. The normalized spacial score (nSPS) is 10.8. The van der Waals surface area contributed by atoms with Crippen molar-refractivity contribution in [2.24, 2.45) is 0 Å². The maximum absolute atomic E-state index is 5.20. The highest BCUT2D eigenvalue weighted by atomic mass is 16.5. The van der Waals surface area contributed by atoms with E-state index in [0.717, 1.165) is 28.0 Å². The third-order valence-electron chi connectivity index (χ3n) is 2.86. The number of rotatable bonds is 2. The quantitative estimate of drug-likeness (QED) is 0.688. The van der Waals surface area contributed by atoms with Crippen molar-refractivity contribution in [3.63, 3.8) is 0 Å². The number of aromatic nitrogens is 4. The first kappa shape index (κ1) is 10.7. The maximum atomic E-state index is 5.20. The van der Waals surface area contributed by atoms with Crippen molar-refractivity contribution in [1.82, 2.24) is 19.7 Å². The lowest BCUT2D eigenvalue weighted by molar-refractivity contribution is 0.414. The predicted molar refractivity (Wildman–Crippen MR) is 67.9 cm³/mol. The predicted octanol–water partition coefficient (Wildman–Crippen LogP) is 2.13. The van der Waals surface area contributed by atoms with E-state index in [2.05, 4.69) is 15.1 Å². The molecule has 0 aliphatic heterocycles. The van der Waals surface area contributed by atoms with Crippen LogP contribution in [-0.2, 0) is 0 Å². The number of nitrogens with zero attached hydrogens (tertiary/aromatic N) is 4. The molecule has 0 saturated carbocycles. The summed E-state index contributed by atoms with van der Waals surface area (Å²) in [5.41, 5.74) is 2.88. The number of fused-ring (bicyclic) bond motifs is 1.